The monoisotopic (exact) mass is 253 g/mol. The Morgan fingerprint density at radius 2 is 1.74 bits per heavy atom. The number of rotatable bonds is 4. The molecule has 3 nitrogen and oxygen atoms in total. The van der Waals surface area contributed by atoms with E-state index in [2.05, 4.69) is 5.32 Å². The fraction of sp³-hybridized carbons (Fsp3) is 0.188. The molecule has 19 heavy (non-hydrogen) atoms. The van der Waals surface area contributed by atoms with E-state index in [9.17, 15) is 4.79 Å². The maximum absolute atomic E-state index is 10.9. The third-order valence-electron chi connectivity index (χ3n) is 3.26. The molecule has 1 fully saturated rings. The van der Waals surface area contributed by atoms with Crippen LogP contribution in [0.2, 0.25) is 0 Å². The molecular weight excluding hydrogens is 238 g/mol. The molecule has 0 bridgehead atoms. The summed E-state index contributed by atoms with van der Waals surface area (Å²) in [6.07, 6.45) is 0.588. The lowest BCUT2D eigenvalue weighted by atomic mass is 9.97. The van der Waals surface area contributed by atoms with Crippen molar-refractivity contribution in [1.82, 2.24) is 5.32 Å². The van der Waals surface area contributed by atoms with E-state index in [1.54, 1.807) is 0 Å². The van der Waals surface area contributed by atoms with E-state index < -0.39 is 0 Å². The number of ether oxygens (including phenoxy) is 1. The highest BCUT2D eigenvalue weighted by molar-refractivity contribution is 5.83. The molecule has 2 aromatic carbocycles. The van der Waals surface area contributed by atoms with E-state index >= 15 is 0 Å². The Kier molecular flexibility index (Phi) is 3.19. The second kappa shape index (κ2) is 5.14. The van der Waals surface area contributed by atoms with Gasteiger partial charge in [0.05, 0.1) is 12.5 Å². The Bertz CT molecular complexity index is 555. The summed E-state index contributed by atoms with van der Waals surface area (Å²) in [5.41, 5.74) is 2.28. The zero-order valence-corrected chi connectivity index (χ0v) is 10.5. The average Bonchev–Trinajstić information content (AvgIpc) is 2.44. The van der Waals surface area contributed by atoms with Gasteiger partial charge in [-0.3, -0.25) is 4.79 Å². The molecule has 0 aromatic heterocycles. The third kappa shape index (κ3) is 2.76. The number of benzene rings is 2. The molecule has 3 rings (SSSR count). The first-order valence-electron chi connectivity index (χ1n) is 6.37. The molecule has 0 saturated carbocycles. The quantitative estimate of drug-likeness (QED) is 0.851. The van der Waals surface area contributed by atoms with Gasteiger partial charge in [-0.15, -0.1) is 0 Å². The van der Waals surface area contributed by atoms with Gasteiger partial charge in [0.25, 0.3) is 0 Å². The fourth-order valence-corrected chi connectivity index (χ4v) is 2.10. The second-order valence-corrected chi connectivity index (χ2v) is 4.67. The first-order chi connectivity index (χ1) is 9.31. The maximum atomic E-state index is 10.9. The number of amides is 1. The van der Waals surface area contributed by atoms with Gasteiger partial charge in [0.1, 0.15) is 12.4 Å². The summed E-state index contributed by atoms with van der Waals surface area (Å²) in [6, 6.07) is 18.2. The van der Waals surface area contributed by atoms with Crippen LogP contribution in [0.15, 0.2) is 54.6 Å². The Balaban J connectivity index is 1.59. The maximum Gasteiger partial charge on any atom is 0.222 e. The molecule has 1 aliphatic heterocycles. The Morgan fingerprint density at radius 3 is 2.37 bits per heavy atom. The molecule has 1 atom stereocenters. The lowest BCUT2D eigenvalue weighted by Crippen LogP contribution is -2.41. The molecule has 96 valence electrons. The summed E-state index contributed by atoms with van der Waals surface area (Å²) in [5, 5.41) is 2.86. The highest BCUT2D eigenvalue weighted by Crippen LogP contribution is 2.25. The summed E-state index contributed by atoms with van der Waals surface area (Å²) in [6.45, 7) is 0.570. The molecule has 0 spiro atoms. The van der Waals surface area contributed by atoms with Crippen LogP contribution in [0.4, 0.5) is 0 Å². The van der Waals surface area contributed by atoms with Gasteiger partial charge in [0.2, 0.25) is 5.91 Å². The summed E-state index contributed by atoms with van der Waals surface area (Å²) in [5.74, 6) is 0.965. The Morgan fingerprint density at radius 1 is 1.05 bits per heavy atom. The summed E-state index contributed by atoms with van der Waals surface area (Å²) in [4.78, 5) is 10.9. The van der Waals surface area contributed by atoms with E-state index in [0.717, 1.165) is 16.9 Å². The zero-order valence-electron chi connectivity index (χ0n) is 10.5. The van der Waals surface area contributed by atoms with Crippen LogP contribution in [-0.4, -0.2) is 5.91 Å². The van der Waals surface area contributed by atoms with Crippen molar-refractivity contribution in [2.24, 2.45) is 0 Å². The van der Waals surface area contributed by atoms with Crippen molar-refractivity contribution < 1.29 is 9.53 Å². The fourth-order valence-electron chi connectivity index (χ4n) is 2.10. The molecule has 0 aliphatic carbocycles. The van der Waals surface area contributed by atoms with Crippen LogP contribution in [0.3, 0.4) is 0 Å². The molecule has 1 unspecified atom stereocenters. The second-order valence-electron chi connectivity index (χ2n) is 4.67. The van der Waals surface area contributed by atoms with Gasteiger partial charge in [-0.05, 0) is 23.3 Å². The standard InChI is InChI=1S/C16H15NO2/c18-16-10-15(17-16)13-6-8-14(9-7-13)19-11-12-4-2-1-3-5-12/h1-9,15H,10-11H2,(H,17,18). The number of carbonyl (C=O) groups is 1. The third-order valence-corrected chi connectivity index (χ3v) is 3.26. The SMILES string of the molecule is O=C1CC(c2ccc(OCc3ccccc3)cc2)N1. The average molecular weight is 253 g/mol. The van der Waals surface area contributed by atoms with Crippen molar-refractivity contribution >= 4 is 5.91 Å². The van der Waals surface area contributed by atoms with E-state index in [4.69, 9.17) is 4.74 Å². The van der Waals surface area contributed by atoms with Crippen LogP contribution in [0.1, 0.15) is 23.6 Å². The molecule has 2 aromatic rings. The van der Waals surface area contributed by atoms with E-state index in [0.29, 0.717) is 13.0 Å². The smallest absolute Gasteiger partial charge is 0.222 e. The van der Waals surface area contributed by atoms with E-state index in [1.807, 2.05) is 54.6 Å². The van der Waals surface area contributed by atoms with Crippen molar-refractivity contribution in [3.05, 3.63) is 65.7 Å². The van der Waals surface area contributed by atoms with E-state index in [1.165, 1.54) is 0 Å². The lowest BCUT2D eigenvalue weighted by molar-refractivity contribution is -0.128. The van der Waals surface area contributed by atoms with Crippen molar-refractivity contribution in [2.45, 2.75) is 19.1 Å². The van der Waals surface area contributed by atoms with Crippen LogP contribution >= 0.6 is 0 Å². The molecular formula is C16H15NO2. The molecule has 1 heterocycles. The van der Waals surface area contributed by atoms with Crippen LogP contribution < -0.4 is 10.1 Å². The molecule has 0 radical (unpaired) electrons. The molecule has 1 amide bonds. The van der Waals surface area contributed by atoms with Gasteiger partial charge in [0.15, 0.2) is 0 Å². The lowest BCUT2D eigenvalue weighted by Gasteiger charge is -2.27. The summed E-state index contributed by atoms with van der Waals surface area (Å²) < 4.78 is 5.71. The number of nitrogens with one attached hydrogen (secondary N) is 1. The first-order valence-corrected chi connectivity index (χ1v) is 6.37. The van der Waals surface area contributed by atoms with Crippen molar-refractivity contribution in [3.8, 4) is 5.75 Å². The first kappa shape index (κ1) is 11.8. The van der Waals surface area contributed by atoms with Crippen LogP contribution in [-0.2, 0) is 11.4 Å². The summed E-state index contributed by atoms with van der Waals surface area (Å²) in [7, 11) is 0. The summed E-state index contributed by atoms with van der Waals surface area (Å²) >= 11 is 0. The van der Waals surface area contributed by atoms with Crippen LogP contribution in [0.5, 0.6) is 5.75 Å². The van der Waals surface area contributed by atoms with Crippen molar-refractivity contribution in [1.29, 1.82) is 0 Å². The van der Waals surface area contributed by atoms with Crippen molar-refractivity contribution in [2.75, 3.05) is 0 Å². The van der Waals surface area contributed by atoms with E-state index in [-0.39, 0.29) is 11.9 Å². The zero-order chi connectivity index (χ0) is 13.1. The van der Waals surface area contributed by atoms with Crippen LogP contribution in [0, 0.1) is 0 Å². The van der Waals surface area contributed by atoms with Gasteiger partial charge < -0.3 is 10.1 Å². The molecule has 1 saturated heterocycles. The molecule has 3 heteroatoms. The Hall–Kier alpha value is -2.29. The normalized spacial score (nSPS) is 17.5. The van der Waals surface area contributed by atoms with Gasteiger partial charge >= 0.3 is 0 Å². The Labute approximate surface area is 112 Å². The minimum absolute atomic E-state index is 0.120. The number of hydrogen-bond acceptors (Lipinski definition) is 2. The molecule has 1 N–H and O–H groups in total. The highest BCUT2D eigenvalue weighted by Gasteiger charge is 2.26. The minimum atomic E-state index is 0.120. The predicted octanol–water partition coefficient (Wildman–Crippen LogP) is 2.83. The van der Waals surface area contributed by atoms with Gasteiger partial charge in [0, 0.05) is 0 Å². The number of hydrogen-bond donors (Lipinski definition) is 1. The largest absolute Gasteiger partial charge is 0.489 e. The highest BCUT2D eigenvalue weighted by atomic mass is 16.5. The molecule has 1 aliphatic rings. The van der Waals surface area contributed by atoms with Gasteiger partial charge in [-0.25, -0.2) is 0 Å². The minimum Gasteiger partial charge on any atom is -0.489 e. The van der Waals surface area contributed by atoms with Gasteiger partial charge in [-0.2, -0.15) is 0 Å². The number of carbonyl (C=O) groups excluding carboxylic acids is 1. The van der Waals surface area contributed by atoms with Crippen molar-refractivity contribution in [3.63, 3.8) is 0 Å². The topological polar surface area (TPSA) is 38.3 Å². The number of β-lactam (4-membered cyclic amide) rings is 1. The van der Waals surface area contributed by atoms with Gasteiger partial charge in [-0.1, -0.05) is 42.5 Å². The van der Waals surface area contributed by atoms with Crippen LogP contribution in [0.25, 0.3) is 0 Å². The predicted molar refractivity (Wildman–Crippen MR) is 72.7 cm³/mol.